The smallest absolute Gasteiger partial charge is 0.308 e. The minimum atomic E-state index is -0.873. The zero-order chi connectivity index (χ0) is 21.9. The topological polar surface area (TPSA) is 117 Å². The van der Waals surface area contributed by atoms with Crippen LogP contribution in [0.15, 0.2) is 24.3 Å². The van der Waals surface area contributed by atoms with E-state index < -0.39 is 12.0 Å². The van der Waals surface area contributed by atoms with E-state index in [4.69, 9.17) is 4.74 Å². The highest BCUT2D eigenvalue weighted by molar-refractivity contribution is 5.95. The summed E-state index contributed by atoms with van der Waals surface area (Å²) in [6, 6.07) is 5.92. The van der Waals surface area contributed by atoms with Crippen molar-refractivity contribution in [2.45, 2.75) is 39.2 Å². The quantitative estimate of drug-likeness (QED) is 0.486. The lowest BCUT2D eigenvalue weighted by Crippen LogP contribution is -2.58. The first-order chi connectivity index (χ1) is 14.5. The molecule has 3 amide bonds. The minimum absolute atomic E-state index is 0.0326. The SMILES string of the molecule is CCCNC(=O)c1ccc(NCC(=O)N2CCNC(=O)C2CC(=O)OCCC)cc1. The van der Waals surface area contributed by atoms with Crippen molar-refractivity contribution in [3.05, 3.63) is 29.8 Å². The summed E-state index contributed by atoms with van der Waals surface area (Å²) in [5.74, 6) is -1.29. The van der Waals surface area contributed by atoms with Gasteiger partial charge in [0.25, 0.3) is 5.91 Å². The molecule has 1 aliphatic rings. The second kappa shape index (κ2) is 11.8. The van der Waals surface area contributed by atoms with Gasteiger partial charge in [0.05, 0.1) is 19.6 Å². The Labute approximate surface area is 176 Å². The van der Waals surface area contributed by atoms with Crippen molar-refractivity contribution < 1.29 is 23.9 Å². The molecule has 0 spiro atoms. The Kier molecular flexibility index (Phi) is 9.11. The molecule has 30 heavy (non-hydrogen) atoms. The van der Waals surface area contributed by atoms with Crippen LogP contribution in [0.4, 0.5) is 5.69 Å². The largest absolute Gasteiger partial charge is 0.466 e. The molecule has 2 rings (SSSR count). The van der Waals surface area contributed by atoms with Gasteiger partial charge in [-0.2, -0.15) is 0 Å². The number of ether oxygens (including phenoxy) is 1. The molecule has 1 fully saturated rings. The Morgan fingerprint density at radius 3 is 2.57 bits per heavy atom. The molecule has 164 valence electrons. The van der Waals surface area contributed by atoms with Crippen LogP contribution in [-0.4, -0.2) is 67.4 Å². The molecule has 0 radical (unpaired) electrons. The lowest BCUT2D eigenvalue weighted by molar-refractivity contribution is -0.151. The summed E-state index contributed by atoms with van der Waals surface area (Å²) in [4.78, 5) is 50.2. The van der Waals surface area contributed by atoms with Gasteiger partial charge in [0.2, 0.25) is 11.8 Å². The number of nitrogens with zero attached hydrogens (tertiary/aromatic N) is 1. The van der Waals surface area contributed by atoms with E-state index in [0.717, 1.165) is 6.42 Å². The van der Waals surface area contributed by atoms with Crippen LogP contribution in [0.2, 0.25) is 0 Å². The fourth-order valence-electron chi connectivity index (χ4n) is 3.01. The van der Waals surface area contributed by atoms with Crippen LogP contribution < -0.4 is 16.0 Å². The number of carbonyl (C=O) groups is 4. The lowest BCUT2D eigenvalue weighted by atomic mass is 10.1. The van der Waals surface area contributed by atoms with Gasteiger partial charge in [0.15, 0.2) is 0 Å². The molecule has 1 aromatic carbocycles. The third-order valence-electron chi connectivity index (χ3n) is 4.60. The highest BCUT2D eigenvalue weighted by atomic mass is 16.5. The van der Waals surface area contributed by atoms with E-state index in [9.17, 15) is 19.2 Å². The molecule has 1 heterocycles. The molecule has 0 aromatic heterocycles. The summed E-state index contributed by atoms with van der Waals surface area (Å²) in [6.45, 7) is 5.40. The first-order valence-corrected chi connectivity index (χ1v) is 10.3. The Balaban J connectivity index is 1.92. The normalized spacial score (nSPS) is 15.9. The molecule has 1 aromatic rings. The number of benzene rings is 1. The maximum atomic E-state index is 12.7. The van der Waals surface area contributed by atoms with Gasteiger partial charge in [-0.25, -0.2) is 0 Å². The first-order valence-electron chi connectivity index (χ1n) is 10.3. The highest BCUT2D eigenvalue weighted by Gasteiger charge is 2.34. The van der Waals surface area contributed by atoms with Crippen molar-refractivity contribution in [3.63, 3.8) is 0 Å². The van der Waals surface area contributed by atoms with Crippen molar-refractivity contribution >= 4 is 29.4 Å². The molecule has 1 aliphatic heterocycles. The van der Waals surface area contributed by atoms with E-state index in [2.05, 4.69) is 16.0 Å². The summed E-state index contributed by atoms with van der Waals surface area (Å²) >= 11 is 0. The summed E-state index contributed by atoms with van der Waals surface area (Å²) < 4.78 is 5.05. The van der Waals surface area contributed by atoms with E-state index in [0.29, 0.717) is 37.3 Å². The zero-order valence-electron chi connectivity index (χ0n) is 17.5. The Morgan fingerprint density at radius 1 is 1.17 bits per heavy atom. The number of esters is 1. The molecule has 1 saturated heterocycles. The van der Waals surface area contributed by atoms with Crippen molar-refractivity contribution in [3.8, 4) is 0 Å². The first kappa shape index (κ1) is 23.2. The van der Waals surface area contributed by atoms with Crippen LogP contribution >= 0.6 is 0 Å². The standard InChI is InChI=1S/C21H30N4O5/c1-3-9-22-20(28)15-5-7-16(8-6-15)24-14-18(26)25-11-10-23-21(29)17(25)13-19(27)30-12-4-2/h5-8,17,24H,3-4,9-14H2,1-2H3,(H,22,28)(H,23,29). The Morgan fingerprint density at radius 2 is 1.90 bits per heavy atom. The summed E-state index contributed by atoms with van der Waals surface area (Å²) in [7, 11) is 0. The van der Waals surface area contributed by atoms with Gasteiger partial charge in [0.1, 0.15) is 6.04 Å². The number of hydrogen-bond acceptors (Lipinski definition) is 6. The molecular formula is C21H30N4O5. The van der Waals surface area contributed by atoms with Crippen LogP contribution in [0.5, 0.6) is 0 Å². The fraction of sp³-hybridized carbons (Fsp3) is 0.524. The molecule has 0 aliphatic carbocycles. The van der Waals surface area contributed by atoms with Crippen LogP contribution in [0, 0.1) is 0 Å². The molecule has 0 bridgehead atoms. The number of anilines is 1. The lowest BCUT2D eigenvalue weighted by Gasteiger charge is -2.34. The van der Waals surface area contributed by atoms with Crippen LogP contribution in [0.25, 0.3) is 0 Å². The van der Waals surface area contributed by atoms with Gasteiger partial charge in [-0.05, 0) is 37.1 Å². The molecular weight excluding hydrogens is 388 g/mol. The van der Waals surface area contributed by atoms with Crippen LogP contribution in [0.3, 0.4) is 0 Å². The third kappa shape index (κ3) is 6.75. The Hall–Kier alpha value is -3.10. The van der Waals surface area contributed by atoms with Gasteiger partial charge in [-0.15, -0.1) is 0 Å². The molecule has 3 N–H and O–H groups in total. The van der Waals surface area contributed by atoms with Gasteiger partial charge in [-0.1, -0.05) is 13.8 Å². The summed E-state index contributed by atoms with van der Waals surface area (Å²) in [6.07, 6.45) is 1.38. The molecule has 9 heteroatoms. The van der Waals surface area contributed by atoms with Gasteiger partial charge >= 0.3 is 5.97 Å². The van der Waals surface area contributed by atoms with Crippen molar-refractivity contribution in [1.82, 2.24) is 15.5 Å². The number of amides is 3. The molecule has 1 unspecified atom stereocenters. The van der Waals surface area contributed by atoms with E-state index in [1.807, 2.05) is 13.8 Å². The van der Waals surface area contributed by atoms with Crippen LogP contribution in [-0.2, 0) is 19.1 Å². The predicted molar refractivity (Wildman–Crippen MR) is 112 cm³/mol. The number of rotatable bonds is 10. The van der Waals surface area contributed by atoms with E-state index in [1.165, 1.54) is 4.90 Å². The fourth-order valence-corrected chi connectivity index (χ4v) is 3.01. The van der Waals surface area contributed by atoms with Crippen LogP contribution in [0.1, 0.15) is 43.5 Å². The van der Waals surface area contributed by atoms with E-state index in [-0.39, 0.29) is 37.3 Å². The van der Waals surface area contributed by atoms with Crippen molar-refractivity contribution in [2.24, 2.45) is 0 Å². The van der Waals surface area contributed by atoms with Crippen molar-refractivity contribution in [1.29, 1.82) is 0 Å². The molecule has 0 saturated carbocycles. The van der Waals surface area contributed by atoms with Gasteiger partial charge < -0.3 is 25.6 Å². The second-order valence-corrected chi connectivity index (χ2v) is 7.01. The molecule has 9 nitrogen and oxygen atoms in total. The maximum Gasteiger partial charge on any atom is 0.308 e. The average molecular weight is 418 g/mol. The molecule has 1 atom stereocenters. The number of nitrogens with one attached hydrogen (secondary N) is 3. The number of piperazine rings is 1. The summed E-state index contributed by atoms with van der Waals surface area (Å²) in [5, 5.41) is 8.49. The maximum absolute atomic E-state index is 12.7. The minimum Gasteiger partial charge on any atom is -0.466 e. The number of carbonyl (C=O) groups excluding carboxylic acids is 4. The highest BCUT2D eigenvalue weighted by Crippen LogP contribution is 2.13. The third-order valence-corrected chi connectivity index (χ3v) is 4.60. The Bertz CT molecular complexity index is 750. The zero-order valence-corrected chi connectivity index (χ0v) is 17.5. The summed E-state index contributed by atoms with van der Waals surface area (Å²) in [5.41, 5.74) is 1.22. The van der Waals surface area contributed by atoms with Crippen molar-refractivity contribution in [2.75, 3.05) is 38.1 Å². The van der Waals surface area contributed by atoms with E-state index >= 15 is 0 Å². The average Bonchev–Trinajstić information content (AvgIpc) is 2.76. The monoisotopic (exact) mass is 418 g/mol. The van der Waals surface area contributed by atoms with Gasteiger partial charge in [0, 0.05) is 30.9 Å². The van der Waals surface area contributed by atoms with E-state index in [1.54, 1.807) is 24.3 Å². The predicted octanol–water partition coefficient (Wildman–Crippen LogP) is 0.909. The number of hydrogen-bond donors (Lipinski definition) is 3. The second-order valence-electron chi connectivity index (χ2n) is 7.01. The van der Waals surface area contributed by atoms with Gasteiger partial charge in [-0.3, -0.25) is 19.2 Å².